The Hall–Kier alpha value is -1.14. The van der Waals surface area contributed by atoms with Crippen molar-refractivity contribution in [1.82, 2.24) is 0 Å². The highest BCUT2D eigenvalue weighted by molar-refractivity contribution is 5.39. The van der Waals surface area contributed by atoms with E-state index >= 15 is 0 Å². The number of methoxy groups -OCH3 is 2. The molecule has 5 nitrogen and oxygen atoms in total. The van der Waals surface area contributed by atoms with Gasteiger partial charge in [-0.2, -0.15) is 0 Å². The molecule has 5 heteroatoms. The van der Waals surface area contributed by atoms with E-state index < -0.39 is 0 Å². The van der Waals surface area contributed by atoms with Gasteiger partial charge >= 0.3 is 0 Å². The Labute approximate surface area is 114 Å². The van der Waals surface area contributed by atoms with Crippen LogP contribution in [0.2, 0.25) is 0 Å². The van der Waals surface area contributed by atoms with Crippen molar-refractivity contribution in [2.45, 2.75) is 13.2 Å². The maximum atomic E-state index is 10.1. The summed E-state index contributed by atoms with van der Waals surface area (Å²) in [7, 11) is 3.25. The molecular weight excluding hydrogens is 248 g/mol. The molecule has 0 saturated carbocycles. The lowest BCUT2D eigenvalue weighted by molar-refractivity contribution is 0.0577. The van der Waals surface area contributed by atoms with E-state index in [1.165, 1.54) is 0 Å². The summed E-state index contributed by atoms with van der Waals surface area (Å²) in [4.78, 5) is 0. The molecule has 0 aromatic heterocycles. The third-order valence-corrected chi connectivity index (χ3v) is 2.58. The number of hydrogen-bond donors (Lipinski definition) is 1. The number of ether oxygens (including phenoxy) is 4. The van der Waals surface area contributed by atoms with Crippen molar-refractivity contribution in [2.75, 3.05) is 40.6 Å². The van der Waals surface area contributed by atoms with E-state index in [9.17, 15) is 5.11 Å². The normalized spacial score (nSPS) is 10.8. The first-order valence-corrected chi connectivity index (χ1v) is 6.22. The quantitative estimate of drug-likeness (QED) is 0.656. The highest BCUT2D eigenvalue weighted by atomic mass is 16.5. The van der Waals surface area contributed by atoms with Crippen molar-refractivity contribution < 1.29 is 24.1 Å². The third kappa shape index (κ3) is 6.02. The van der Waals surface area contributed by atoms with Crippen LogP contribution in [0.4, 0.5) is 0 Å². The van der Waals surface area contributed by atoms with E-state index in [0.29, 0.717) is 39.6 Å². The lowest BCUT2D eigenvalue weighted by Crippen LogP contribution is -2.04. The average molecular weight is 270 g/mol. The number of para-hydroxylation sites is 1. The molecule has 1 rings (SSSR count). The maximum Gasteiger partial charge on any atom is 0.126 e. The summed E-state index contributed by atoms with van der Waals surface area (Å²) in [5.41, 5.74) is 1.51. The van der Waals surface area contributed by atoms with Crippen LogP contribution in [0.5, 0.6) is 5.75 Å². The third-order valence-electron chi connectivity index (χ3n) is 2.58. The molecule has 1 N–H and O–H groups in total. The fourth-order valence-corrected chi connectivity index (χ4v) is 1.53. The molecule has 108 valence electrons. The van der Waals surface area contributed by atoms with E-state index in [1.54, 1.807) is 14.2 Å². The van der Waals surface area contributed by atoms with Crippen LogP contribution in [-0.2, 0) is 32.2 Å². The minimum atomic E-state index is 0.234. The van der Waals surface area contributed by atoms with Crippen molar-refractivity contribution in [3.8, 4) is 5.75 Å². The second-order valence-corrected chi connectivity index (χ2v) is 4.02. The second-order valence-electron chi connectivity index (χ2n) is 4.02. The van der Waals surface area contributed by atoms with Crippen LogP contribution in [0.3, 0.4) is 0 Å². The smallest absolute Gasteiger partial charge is 0.126 e. The first-order chi connectivity index (χ1) is 9.29. The predicted molar refractivity (Wildman–Crippen MR) is 71.2 cm³/mol. The maximum absolute atomic E-state index is 10.1. The van der Waals surface area contributed by atoms with E-state index in [-0.39, 0.29) is 5.75 Å². The van der Waals surface area contributed by atoms with Gasteiger partial charge in [0.15, 0.2) is 0 Å². The molecular formula is C14H22O5. The van der Waals surface area contributed by atoms with Crippen LogP contribution in [0, 0.1) is 0 Å². The standard InChI is InChI=1S/C14H22O5/c1-16-6-8-18-10-12-4-3-5-13(14(12)15)11-19-9-7-17-2/h3-5,15H,6-11H2,1-2H3. The van der Waals surface area contributed by atoms with Gasteiger partial charge in [0.25, 0.3) is 0 Å². The summed E-state index contributed by atoms with van der Waals surface area (Å²) in [5, 5.41) is 10.1. The fraction of sp³-hybridized carbons (Fsp3) is 0.571. The Balaban J connectivity index is 2.44. The Bertz CT molecular complexity index is 323. The van der Waals surface area contributed by atoms with Gasteiger partial charge in [-0.05, 0) is 0 Å². The molecule has 0 aliphatic carbocycles. The first kappa shape index (κ1) is 15.9. The summed E-state index contributed by atoms with van der Waals surface area (Å²) in [6.45, 7) is 2.82. The first-order valence-electron chi connectivity index (χ1n) is 6.22. The van der Waals surface area contributed by atoms with E-state index in [0.717, 1.165) is 11.1 Å². The zero-order chi connectivity index (χ0) is 13.9. The zero-order valence-corrected chi connectivity index (χ0v) is 11.6. The lowest BCUT2D eigenvalue weighted by Gasteiger charge is -2.10. The van der Waals surface area contributed by atoms with Crippen LogP contribution >= 0.6 is 0 Å². The van der Waals surface area contributed by atoms with Crippen LogP contribution in [0.1, 0.15) is 11.1 Å². The number of benzene rings is 1. The van der Waals surface area contributed by atoms with Gasteiger partial charge in [-0.25, -0.2) is 0 Å². The van der Waals surface area contributed by atoms with Gasteiger partial charge in [0.05, 0.1) is 39.6 Å². The van der Waals surface area contributed by atoms with Crippen LogP contribution in [0.15, 0.2) is 18.2 Å². The summed E-state index contributed by atoms with van der Waals surface area (Å²) in [5.74, 6) is 0.234. The molecule has 0 spiro atoms. The average Bonchev–Trinajstić information content (AvgIpc) is 2.43. The fourth-order valence-electron chi connectivity index (χ4n) is 1.53. The van der Waals surface area contributed by atoms with Crippen LogP contribution < -0.4 is 0 Å². The number of phenolic OH excluding ortho intramolecular Hbond substituents is 1. The highest BCUT2D eigenvalue weighted by Crippen LogP contribution is 2.23. The number of hydrogen-bond acceptors (Lipinski definition) is 5. The van der Waals surface area contributed by atoms with Crippen LogP contribution in [-0.4, -0.2) is 45.8 Å². The van der Waals surface area contributed by atoms with Gasteiger partial charge in [-0.15, -0.1) is 0 Å². The molecule has 0 fully saturated rings. The monoisotopic (exact) mass is 270 g/mol. The van der Waals surface area contributed by atoms with Crippen molar-refractivity contribution in [2.24, 2.45) is 0 Å². The summed E-state index contributed by atoms with van der Waals surface area (Å²) in [6, 6.07) is 5.55. The van der Waals surface area contributed by atoms with Crippen LogP contribution in [0.25, 0.3) is 0 Å². The summed E-state index contributed by atoms with van der Waals surface area (Å²) in [6.07, 6.45) is 0. The molecule has 0 unspecified atom stereocenters. The lowest BCUT2D eigenvalue weighted by atomic mass is 10.1. The minimum absolute atomic E-state index is 0.234. The zero-order valence-electron chi connectivity index (χ0n) is 11.6. The van der Waals surface area contributed by atoms with Gasteiger partial charge in [0.1, 0.15) is 5.75 Å². The molecule has 1 aromatic rings. The van der Waals surface area contributed by atoms with Crippen molar-refractivity contribution in [3.63, 3.8) is 0 Å². The summed E-state index contributed by atoms with van der Waals surface area (Å²) >= 11 is 0. The number of rotatable bonds is 10. The van der Waals surface area contributed by atoms with E-state index in [4.69, 9.17) is 18.9 Å². The van der Waals surface area contributed by atoms with E-state index in [1.807, 2.05) is 18.2 Å². The van der Waals surface area contributed by atoms with Gasteiger partial charge in [0, 0.05) is 25.3 Å². The predicted octanol–water partition coefficient (Wildman–Crippen LogP) is 1.72. The molecule has 0 heterocycles. The van der Waals surface area contributed by atoms with Gasteiger partial charge in [-0.1, -0.05) is 18.2 Å². The molecule has 0 amide bonds. The molecule has 0 aliphatic heterocycles. The Morgan fingerprint density at radius 3 is 1.74 bits per heavy atom. The molecule has 0 atom stereocenters. The topological polar surface area (TPSA) is 57.2 Å². The molecule has 1 aromatic carbocycles. The second kappa shape index (κ2) is 9.75. The van der Waals surface area contributed by atoms with Gasteiger partial charge in [0.2, 0.25) is 0 Å². The molecule has 19 heavy (non-hydrogen) atoms. The number of aromatic hydroxyl groups is 1. The Kier molecular flexibility index (Phi) is 8.16. The van der Waals surface area contributed by atoms with E-state index in [2.05, 4.69) is 0 Å². The Morgan fingerprint density at radius 1 is 0.842 bits per heavy atom. The van der Waals surface area contributed by atoms with Crippen molar-refractivity contribution in [1.29, 1.82) is 0 Å². The largest absolute Gasteiger partial charge is 0.507 e. The number of phenols is 1. The molecule has 0 aliphatic rings. The van der Waals surface area contributed by atoms with Crippen molar-refractivity contribution in [3.05, 3.63) is 29.3 Å². The molecule has 0 saturated heterocycles. The molecule has 0 bridgehead atoms. The highest BCUT2D eigenvalue weighted by Gasteiger charge is 2.07. The summed E-state index contributed by atoms with van der Waals surface area (Å²) < 4.78 is 20.6. The van der Waals surface area contributed by atoms with Crippen molar-refractivity contribution >= 4 is 0 Å². The minimum Gasteiger partial charge on any atom is -0.507 e. The SMILES string of the molecule is COCCOCc1cccc(COCCOC)c1O. The van der Waals surface area contributed by atoms with Gasteiger partial charge < -0.3 is 24.1 Å². The van der Waals surface area contributed by atoms with Gasteiger partial charge in [-0.3, -0.25) is 0 Å². The molecule has 0 radical (unpaired) electrons. The Morgan fingerprint density at radius 2 is 1.32 bits per heavy atom.